The molecule has 0 fully saturated rings. The third-order valence-corrected chi connectivity index (χ3v) is 5.53. The second kappa shape index (κ2) is 11.5. The summed E-state index contributed by atoms with van der Waals surface area (Å²) >= 11 is 0. The standard InChI is InChI=1S/C25H32N4O4/c1-5-17(2)27-19-14-20-22(28-21(30)16-32-3)23(25(31)33-4)29(24(20)26-15-19)13-9-12-18-10-7-6-8-11-18/h6-8,10-11,14-15,17,27H,5,9,12-13,16H2,1-4H3,(H,28,30). The lowest BCUT2D eigenvalue weighted by atomic mass is 10.1. The van der Waals surface area contributed by atoms with Crippen molar-refractivity contribution in [3.05, 3.63) is 53.9 Å². The van der Waals surface area contributed by atoms with Crippen LogP contribution in [0.15, 0.2) is 42.6 Å². The van der Waals surface area contributed by atoms with Crippen LogP contribution in [0.4, 0.5) is 11.4 Å². The molecule has 2 aromatic heterocycles. The molecule has 0 aliphatic rings. The van der Waals surface area contributed by atoms with E-state index < -0.39 is 5.97 Å². The van der Waals surface area contributed by atoms with Gasteiger partial charge in [-0.05, 0) is 37.8 Å². The van der Waals surface area contributed by atoms with Gasteiger partial charge < -0.3 is 24.7 Å². The summed E-state index contributed by atoms with van der Waals surface area (Å²) in [5, 5.41) is 6.91. The average Bonchev–Trinajstić information content (AvgIpc) is 3.11. The highest BCUT2D eigenvalue weighted by Gasteiger charge is 2.26. The molecule has 0 aliphatic carbocycles. The van der Waals surface area contributed by atoms with Gasteiger partial charge in [-0.3, -0.25) is 4.79 Å². The van der Waals surface area contributed by atoms with E-state index in [2.05, 4.69) is 41.6 Å². The van der Waals surface area contributed by atoms with E-state index in [9.17, 15) is 9.59 Å². The molecule has 1 amide bonds. The first-order valence-corrected chi connectivity index (χ1v) is 11.2. The van der Waals surface area contributed by atoms with Gasteiger partial charge in [-0.25, -0.2) is 9.78 Å². The minimum absolute atomic E-state index is 0.125. The van der Waals surface area contributed by atoms with Gasteiger partial charge in [-0.1, -0.05) is 37.3 Å². The van der Waals surface area contributed by atoms with Gasteiger partial charge in [0.2, 0.25) is 5.91 Å². The Bertz CT molecular complexity index is 1090. The van der Waals surface area contributed by atoms with E-state index in [0.29, 0.717) is 23.3 Å². The van der Waals surface area contributed by atoms with Gasteiger partial charge in [-0.2, -0.15) is 0 Å². The van der Waals surface area contributed by atoms with Crippen molar-refractivity contribution in [3.8, 4) is 0 Å². The van der Waals surface area contributed by atoms with E-state index >= 15 is 0 Å². The maximum Gasteiger partial charge on any atom is 0.356 e. The van der Waals surface area contributed by atoms with Crippen molar-refractivity contribution in [3.63, 3.8) is 0 Å². The van der Waals surface area contributed by atoms with Crippen LogP contribution < -0.4 is 10.6 Å². The molecule has 8 heteroatoms. The lowest BCUT2D eigenvalue weighted by Crippen LogP contribution is -2.20. The number of pyridine rings is 1. The summed E-state index contributed by atoms with van der Waals surface area (Å²) in [5.74, 6) is -0.886. The lowest BCUT2D eigenvalue weighted by Gasteiger charge is -2.13. The molecule has 176 valence electrons. The number of methoxy groups -OCH3 is 2. The number of carbonyl (C=O) groups excluding carboxylic acids is 2. The summed E-state index contributed by atoms with van der Waals surface area (Å²) in [6, 6.07) is 12.3. The summed E-state index contributed by atoms with van der Waals surface area (Å²) < 4.78 is 11.9. The molecule has 3 rings (SSSR count). The van der Waals surface area contributed by atoms with Crippen molar-refractivity contribution in [2.75, 3.05) is 31.5 Å². The molecular weight excluding hydrogens is 420 g/mol. The average molecular weight is 453 g/mol. The molecule has 3 aromatic rings. The Morgan fingerprint density at radius 3 is 2.61 bits per heavy atom. The van der Waals surface area contributed by atoms with Crippen molar-refractivity contribution in [2.24, 2.45) is 0 Å². The first-order valence-electron chi connectivity index (χ1n) is 11.2. The first kappa shape index (κ1) is 24.3. The zero-order chi connectivity index (χ0) is 23.8. The third kappa shape index (κ3) is 5.90. The molecule has 0 radical (unpaired) electrons. The zero-order valence-corrected chi connectivity index (χ0v) is 19.7. The van der Waals surface area contributed by atoms with Crippen molar-refractivity contribution in [1.29, 1.82) is 0 Å². The fourth-order valence-corrected chi connectivity index (χ4v) is 3.74. The second-order valence-electron chi connectivity index (χ2n) is 7.99. The number of carbonyl (C=O) groups is 2. The van der Waals surface area contributed by atoms with Crippen LogP contribution in [0.3, 0.4) is 0 Å². The molecule has 2 N–H and O–H groups in total. The number of fused-ring (bicyclic) bond motifs is 1. The second-order valence-corrected chi connectivity index (χ2v) is 7.99. The van der Waals surface area contributed by atoms with Crippen molar-refractivity contribution >= 4 is 34.3 Å². The van der Waals surface area contributed by atoms with Crippen LogP contribution in [-0.2, 0) is 27.2 Å². The molecule has 1 unspecified atom stereocenters. The summed E-state index contributed by atoms with van der Waals surface area (Å²) in [5.41, 5.74) is 3.31. The Morgan fingerprint density at radius 1 is 1.18 bits per heavy atom. The highest BCUT2D eigenvalue weighted by Crippen LogP contribution is 2.33. The number of aromatic nitrogens is 2. The number of hydrogen-bond donors (Lipinski definition) is 2. The summed E-state index contributed by atoms with van der Waals surface area (Å²) in [7, 11) is 2.78. The van der Waals surface area contributed by atoms with Gasteiger partial charge in [0, 0.05) is 25.1 Å². The fourth-order valence-electron chi connectivity index (χ4n) is 3.74. The summed E-state index contributed by atoms with van der Waals surface area (Å²) in [6.45, 7) is 4.60. The van der Waals surface area contributed by atoms with E-state index in [-0.39, 0.29) is 24.2 Å². The number of anilines is 2. The number of benzene rings is 1. The van der Waals surface area contributed by atoms with Gasteiger partial charge in [0.05, 0.1) is 24.7 Å². The van der Waals surface area contributed by atoms with E-state index in [4.69, 9.17) is 9.47 Å². The Hall–Kier alpha value is -3.39. The number of aryl methyl sites for hydroxylation is 2. The van der Waals surface area contributed by atoms with Gasteiger partial charge in [0.1, 0.15) is 12.3 Å². The number of esters is 1. The first-order chi connectivity index (χ1) is 16.0. The van der Waals surface area contributed by atoms with Crippen LogP contribution in [0, 0.1) is 0 Å². The quantitative estimate of drug-likeness (QED) is 0.423. The Labute approximate surface area is 194 Å². The van der Waals surface area contributed by atoms with E-state index in [1.165, 1.54) is 19.8 Å². The van der Waals surface area contributed by atoms with E-state index in [1.54, 1.807) is 6.20 Å². The smallest absolute Gasteiger partial charge is 0.356 e. The Balaban J connectivity index is 2.05. The fraction of sp³-hybridized carbons (Fsp3) is 0.400. The molecule has 0 bridgehead atoms. The minimum Gasteiger partial charge on any atom is -0.464 e. The number of rotatable bonds is 11. The van der Waals surface area contributed by atoms with Crippen LogP contribution in [0.25, 0.3) is 11.0 Å². The Kier molecular flexibility index (Phi) is 8.43. The number of nitrogens with zero attached hydrogens (tertiary/aromatic N) is 2. The van der Waals surface area contributed by atoms with Crippen molar-refractivity contribution in [2.45, 2.75) is 45.7 Å². The van der Waals surface area contributed by atoms with Crippen LogP contribution in [0.5, 0.6) is 0 Å². The van der Waals surface area contributed by atoms with Crippen molar-refractivity contribution < 1.29 is 19.1 Å². The number of hydrogen-bond acceptors (Lipinski definition) is 6. The molecule has 0 aliphatic heterocycles. The predicted octanol–water partition coefficient (Wildman–Crippen LogP) is 4.25. The molecule has 0 spiro atoms. The minimum atomic E-state index is -0.531. The van der Waals surface area contributed by atoms with Gasteiger partial charge in [0.15, 0.2) is 5.69 Å². The van der Waals surface area contributed by atoms with Crippen LogP contribution >= 0.6 is 0 Å². The molecule has 1 atom stereocenters. The molecule has 33 heavy (non-hydrogen) atoms. The van der Waals surface area contributed by atoms with Crippen LogP contribution in [0.1, 0.15) is 42.7 Å². The maximum absolute atomic E-state index is 12.8. The van der Waals surface area contributed by atoms with E-state index in [1.807, 2.05) is 28.8 Å². The summed E-state index contributed by atoms with van der Waals surface area (Å²) in [4.78, 5) is 29.9. The topological polar surface area (TPSA) is 94.5 Å². The largest absolute Gasteiger partial charge is 0.464 e. The molecule has 0 saturated heterocycles. The van der Waals surface area contributed by atoms with Gasteiger partial charge >= 0.3 is 5.97 Å². The van der Waals surface area contributed by atoms with Crippen molar-refractivity contribution in [1.82, 2.24) is 9.55 Å². The SMILES string of the molecule is CCC(C)Nc1cnc2c(c1)c(NC(=O)COC)c(C(=O)OC)n2CCCc1ccccc1. The number of ether oxygens (including phenoxy) is 2. The lowest BCUT2D eigenvalue weighted by molar-refractivity contribution is -0.119. The predicted molar refractivity (Wildman–Crippen MR) is 130 cm³/mol. The highest BCUT2D eigenvalue weighted by atomic mass is 16.5. The number of amides is 1. The molecule has 2 heterocycles. The van der Waals surface area contributed by atoms with Gasteiger partial charge in [0.25, 0.3) is 0 Å². The van der Waals surface area contributed by atoms with Crippen LogP contribution in [-0.4, -0.2) is 48.3 Å². The highest BCUT2D eigenvalue weighted by molar-refractivity contribution is 6.11. The molecule has 8 nitrogen and oxygen atoms in total. The monoisotopic (exact) mass is 452 g/mol. The normalized spacial score (nSPS) is 11.9. The number of nitrogens with one attached hydrogen (secondary N) is 2. The summed E-state index contributed by atoms with van der Waals surface area (Å²) in [6.07, 6.45) is 4.34. The van der Waals surface area contributed by atoms with E-state index in [0.717, 1.165) is 24.9 Å². The Morgan fingerprint density at radius 2 is 1.94 bits per heavy atom. The van der Waals surface area contributed by atoms with Gasteiger partial charge in [-0.15, -0.1) is 0 Å². The molecule has 1 aromatic carbocycles. The third-order valence-electron chi connectivity index (χ3n) is 5.53. The zero-order valence-electron chi connectivity index (χ0n) is 19.7. The maximum atomic E-state index is 12.8. The van der Waals surface area contributed by atoms with Crippen LogP contribution in [0.2, 0.25) is 0 Å². The molecule has 0 saturated carbocycles. The molecular formula is C25H32N4O4.